The maximum Gasteiger partial charge on any atom is 0.261 e. The number of halogens is 1. The number of rotatable bonds is 7. The summed E-state index contributed by atoms with van der Waals surface area (Å²) < 4.78 is 19.7. The van der Waals surface area contributed by atoms with E-state index in [1.807, 2.05) is 36.9 Å². The van der Waals surface area contributed by atoms with Crippen LogP contribution < -0.4 is 10.2 Å². The second kappa shape index (κ2) is 7.95. The number of hydrogen-bond donors (Lipinski definition) is 1. The Morgan fingerprint density at radius 3 is 2.65 bits per heavy atom. The third kappa shape index (κ3) is 3.82. The van der Waals surface area contributed by atoms with E-state index in [1.165, 1.54) is 0 Å². The Balaban J connectivity index is 1.77. The van der Waals surface area contributed by atoms with Crippen molar-refractivity contribution >= 4 is 11.5 Å². The van der Waals surface area contributed by atoms with Crippen molar-refractivity contribution < 1.29 is 8.91 Å². The van der Waals surface area contributed by atoms with Crippen LogP contribution >= 0.6 is 0 Å². The van der Waals surface area contributed by atoms with E-state index in [-0.39, 0.29) is 5.82 Å². The SMILES string of the molecule is CCN(CC)c1ccc(CNc2ncccc2-c2nc(C)no2)cc1F. The Hall–Kier alpha value is -2.96. The minimum Gasteiger partial charge on any atom is -0.370 e. The van der Waals surface area contributed by atoms with Crippen molar-refractivity contribution in [2.45, 2.75) is 27.3 Å². The van der Waals surface area contributed by atoms with E-state index in [9.17, 15) is 4.39 Å². The summed E-state index contributed by atoms with van der Waals surface area (Å²) in [5.41, 5.74) is 2.17. The van der Waals surface area contributed by atoms with Crippen molar-refractivity contribution in [1.82, 2.24) is 15.1 Å². The fourth-order valence-corrected chi connectivity index (χ4v) is 2.79. The Morgan fingerprint density at radius 2 is 2.00 bits per heavy atom. The lowest BCUT2D eigenvalue weighted by molar-refractivity contribution is 0.425. The van der Waals surface area contributed by atoms with Gasteiger partial charge in [-0.15, -0.1) is 0 Å². The molecule has 0 aliphatic rings. The van der Waals surface area contributed by atoms with E-state index in [1.54, 1.807) is 25.3 Å². The van der Waals surface area contributed by atoms with Gasteiger partial charge in [-0.05, 0) is 50.6 Å². The third-order valence-corrected chi connectivity index (χ3v) is 4.14. The zero-order chi connectivity index (χ0) is 18.5. The first-order valence-corrected chi connectivity index (χ1v) is 8.65. The summed E-state index contributed by atoms with van der Waals surface area (Å²) in [6.07, 6.45) is 1.68. The van der Waals surface area contributed by atoms with Gasteiger partial charge in [0.05, 0.1) is 11.3 Å². The second-order valence-corrected chi connectivity index (χ2v) is 5.86. The van der Waals surface area contributed by atoms with E-state index in [4.69, 9.17) is 4.52 Å². The largest absolute Gasteiger partial charge is 0.370 e. The van der Waals surface area contributed by atoms with Crippen LogP contribution in [0.25, 0.3) is 11.5 Å². The number of hydrogen-bond acceptors (Lipinski definition) is 6. The quantitative estimate of drug-likeness (QED) is 0.690. The summed E-state index contributed by atoms with van der Waals surface area (Å²) >= 11 is 0. The molecule has 0 bridgehead atoms. The van der Waals surface area contributed by atoms with E-state index >= 15 is 0 Å². The van der Waals surface area contributed by atoms with Crippen molar-refractivity contribution in [1.29, 1.82) is 0 Å². The molecule has 3 aromatic rings. The lowest BCUT2D eigenvalue weighted by Gasteiger charge is -2.22. The molecule has 0 radical (unpaired) electrons. The van der Waals surface area contributed by atoms with E-state index in [0.717, 1.165) is 18.7 Å². The molecule has 1 aromatic carbocycles. The number of benzene rings is 1. The van der Waals surface area contributed by atoms with Crippen LogP contribution in [0, 0.1) is 12.7 Å². The van der Waals surface area contributed by atoms with Crippen molar-refractivity contribution in [3.8, 4) is 11.5 Å². The van der Waals surface area contributed by atoms with Crippen LogP contribution in [0.1, 0.15) is 25.2 Å². The van der Waals surface area contributed by atoms with Crippen molar-refractivity contribution in [3.63, 3.8) is 0 Å². The predicted octanol–water partition coefficient (Wildman–Crippen LogP) is 4.04. The van der Waals surface area contributed by atoms with Crippen molar-refractivity contribution in [2.75, 3.05) is 23.3 Å². The zero-order valence-electron chi connectivity index (χ0n) is 15.2. The molecule has 26 heavy (non-hydrogen) atoms. The Kier molecular flexibility index (Phi) is 5.46. The van der Waals surface area contributed by atoms with Crippen LogP contribution in [0.2, 0.25) is 0 Å². The first kappa shape index (κ1) is 17.8. The van der Waals surface area contributed by atoms with Crippen LogP contribution in [0.3, 0.4) is 0 Å². The highest BCUT2D eigenvalue weighted by Crippen LogP contribution is 2.25. The highest BCUT2D eigenvalue weighted by atomic mass is 19.1. The molecule has 0 saturated carbocycles. The summed E-state index contributed by atoms with van der Waals surface area (Å²) in [4.78, 5) is 10.6. The fourth-order valence-electron chi connectivity index (χ4n) is 2.79. The van der Waals surface area contributed by atoms with Gasteiger partial charge in [-0.3, -0.25) is 0 Å². The molecule has 2 heterocycles. The molecule has 136 valence electrons. The van der Waals surface area contributed by atoms with Crippen LogP contribution in [0.15, 0.2) is 41.1 Å². The Bertz CT molecular complexity index is 876. The van der Waals surface area contributed by atoms with Crippen LogP contribution in [0.5, 0.6) is 0 Å². The molecule has 0 atom stereocenters. The Morgan fingerprint density at radius 1 is 1.19 bits per heavy atom. The summed E-state index contributed by atoms with van der Waals surface area (Å²) in [6.45, 7) is 7.77. The van der Waals surface area contributed by atoms with Gasteiger partial charge in [0.15, 0.2) is 5.82 Å². The molecule has 6 nitrogen and oxygen atoms in total. The molecule has 0 amide bonds. The normalized spacial score (nSPS) is 10.8. The number of nitrogens with one attached hydrogen (secondary N) is 1. The van der Waals surface area contributed by atoms with Crippen LogP contribution in [-0.2, 0) is 6.54 Å². The number of nitrogens with zero attached hydrogens (tertiary/aromatic N) is 4. The maximum atomic E-state index is 14.4. The van der Waals surface area contributed by atoms with Gasteiger partial charge in [-0.1, -0.05) is 11.2 Å². The van der Waals surface area contributed by atoms with E-state index in [0.29, 0.717) is 35.3 Å². The number of pyridine rings is 1. The molecule has 0 aliphatic heterocycles. The van der Waals surface area contributed by atoms with Gasteiger partial charge in [0.25, 0.3) is 5.89 Å². The van der Waals surface area contributed by atoms with Gasteiger partial charge >= 0.3 is 0 Å². The average Bonchev–Trinajstić information content (AvgIpc) is 3.09. The second-order valence-electron chi connectivity index (χ2n) is 5.86. The monoisotopic (exact) mass is 355 g/mol. The van der Waals surface area contributed by atoms with Gasteiger partial charge in [-0.25, -0.2) is 9.37 Å². The van der Waals surface area contributed by atoms with Crippen LogP contribution in [0.4, 0.5) is 15.9 Å². The fraction of sp³-hybridized carbons (Fsp3) is 0.316. The minimum atomic E-state index is -0.221. The lowest BCUT2D eigenvalue weighted by Crippen LogP contribution is -2.23. The molecule has 7 heteroatoms. The highest BCUT2D eigenvalue weighted by Gasteiger charge is 2.13. The zero-order valence-corrected chi connectivity index (χ0v) is 15.2. The van der Waals surface area contributed by atoms with Gasteiger partial charge in [0.2, 0.25) is 0 Å². The van der Waals surface area contributed by atoms with E-state index < -0.39 is 0 Å². The molecular formula is C19H22FN5O. The first-order valence-electron chi connectivity index (χ1n) is 8.65. The molecule has 0 fully saturated rings. The van der Waals surface area contributed by atoms with Gasteiger partial charge < -0.3 is 14.7 Å². The summed E-state index contributed by atoms with van der Waals surface area (Å²) in [7, 11) is 0. The molecule has 2 aromatic heterocycles. The molecule has 3 rings (SSSR count). The van der Waals surface area contributed by atoms with Gasteiger partial charge in [0.1, 0.15) is 11.6 Å². The predicted molar refractivity (Wildman–Crippen MR) is 99.6 cm³/mol. The topological polar surface area (TPSA) is 67.1 Å². The summed E-state index contributed by atoms with van der Waals surface area (Å²) in [5.74, 6) is 1.36. The molecule has 0 unspecified atom stereocenters. The van der Waals surface area contributed by atoms with E-state index in [2.05, 4.69) is 20.4 Å². The molecule has 1 N–H and O–H groups in total. The summed E-state index contributed by atoms with van der Waals surface area (Å²) in [6, 6.07) is 8.95. The molecule has 0 spiro atoms. The summed E-state index contributed by atoms with van der Waals surface area (Å²) in [5, 5.41) is 7.03. The molecule has 0 aliphatic carbocycles. The maximum absolute atomic E-state index is 14.4. The standard InChI is InChI=1S/C19H22FN5O/c1-4-25(5-2)17-9-8-14(11-16(17)20)12-22-18-15(7-6-10-21-18)19-23-13(3)24-26-19/h6-11H,4-5,12H2,1-3H3,(H,21,22). The lowest BCUT2D eigenvalue weighted by atomic mass is 10.1. The highest BCUT2D eigenvalue weighted by molar-refractivity contribution is 5.68. The third-order valence-electron chi connectivity index (χ3n) is 4.14. The molecule has 0 saturated heterocycles. The number of aryl methyl sites for hydroxylation is 1. The average molecular weight is 355 g/mol. The minimum absolute atomic E-state index is 0.221. The van der Waals surface area contributed by atoms with Gasteiger partial charge in [0, 0.05) is 25.8 Å². The van der Waals surface area contributed by atoms with Crippen molar-refractivity contribution in [2.24, 2.45) is 0 Å². The molecular weight excluding hydrogens is 333 g/mol. The smallest absolute Gasteiger partial charge is 0.261 e. The first-order chi connectivity index (χ1) is 12.6. The Labute approximate surface area is 152 Å². The van der Waals surface area contributed by atoms with Crippen molar-refractivity contribution in [3.05, 3.63) is 53.7 Å². The number of aromatic nitrogens is 3. The van der Waals surface area contributed by atoms with Crippen LogP contribution in [-0.4, -0.2) is 28.2 Å². The number of anilines is 2. The van der Waals surface area contributed by atoms with Gasteiger partial charge in [-0.2, -0.15) is 4.98 Å².